The number of piperazine rings is 1. The van der Waals surface area contributed by atoms with Crippen molar-refractivity contribution >= 4 is 29.9 Å². The van der Waals surface area contributed by atoms with Crippen LogP contribution in [-0.4, -0.2) is 43.1 Å². The van der Waals surface area contributed by atoms with Crippen LogP contribution in [0.25, 0.3) is 0 Å². The van der Waals surface area contributed by atoms with Gasteiger partial charge in [0, 0.05) is 32.1 Å². The van der Waals surface area contributed by atoms with E-state index in [-0.39, 0.29) is 18.3 Å². The van der Waals surface area contributed by atoms with Crippen molar-refractivity contribution in [1.29, 1.82) is 0 Å². The van der Waals surface area contributed by atoms with Gasteiger partial charge in [-0.1, -0.05) is 23.7 Å². The number of nitrogens with one attached hydrogen (secondary N) is 1. The van der Waals surface area contributed by atoms with Crippen LogP contribution in [0.1, 0.15) is 19.8 Å². The lowest BCUT2D eigenvalue weighted by Gasteiger charge is -2.32. The monoisotopic (exact) mass is 332 g/mol. The molecule has 1 aromatic carbocycles. The molecule has 21 heavy (non-hydrogen) atoms. The summed E-state index contributed by atoms with van der Waals surface area (Å²) < 4.78 is 5.58. The maximum Gasteiger partial charge on any atom is 0.222 e. The van der Waals surface area contributed by atoms with E-state index in [0.717, 1.165) is 19.6 Å². The van der Waals surface area contributed by atoms with Gasteiger partial charge in [0.2, 0.25) is 5.91 Å². The van der Waals surface area contributed by atoms with Crippen LogP contribution in [0, 0.1) is 0 Å². The quantitative estimate of drug-likeness (QED) is 0.843. The molecule has 6 heteroatoms. The Bertz CT molecular complexity index is 457. The summed E-state index contributed by atoms with van der Waals surface area (Å²) in [5, 5.41) is 3.93. The number of halogens is 2. The van der Waals surface area contributed by atoms with Crippen LogP contribution in [0.4, 0.5) is 0 Å². The Balaban J connectivity index is 0.00000220. The van der Waals surface area contributed by atoms with Crippen LogP contribution >= 0.6 is 24.0 Å². The number of ether oxygens (including phenoxy) is 1. The summed E-state index contributed by atoms with van der Waals surface area (Å²) in [5.74, 6) is 0.888. The SMILES string of the molecule is CC1CN(C(=O)CCCOc2ccccc2Cl)CCN1.Cl. The number of benzene rings is 1. The van der Waals surface area contributed by atoms with Crippen molar-refractivity contribution in [1.82, 2.24) is 10.2 Å². The molecule has 0 radical (unpaired) electrons. The Morgan fingerprint density at radius 3 is 2.95 bits per heavy atom. The molecule has 118 valence electrons. The Hall–Kier alpha value is -0.970. The summed E-state index contributed by atoms with van der Waals surface area (Å²) in [6.07, 6.45) is 1.24. The first-order chi connectivity index (χ1) is 9.66. The van der Waals surface area contributed by atoms with Gasteiger partial charge in [-0.3, -0.25) is 4.79 Å². The zero-order valence-corrected chi connectivity index (χ0v) is 13.8. The Labute approximate surface area is 137 Å². The summed E-state index contributed by atoms with van der Waals surface area (Å²) >= 11 is 6.00. The van der Waals surface area contributed by atoms with Crippen LogP contribution in [-0.2, 0) is 4.79 Å². The first-order valence-electron chi connectivity index (χ1n) is 7.05. The molecule has 0 aromatic heterocycles. The summed E-state index contributed by atoms with van der Waals surface area (Å²) in [4.78, 5) is 14.0. The van der Waals surface area contributed by atoms with Crippen LogP contribution in [0.3, 0.4) is 0 Å². The molecule has 0 aliphatic carbocycles. The number of hydrogen-bond acceptors (Lipinski definition) is 3. The largest absolute Gasteiger partial charge is 0.492 e. The molecular formula is C15H22Cl2N2O2. The molecule has 0 bridgehead atoms. The number of para-hydroxylation sites is 1. The molecular weight excluding hydrogens is 311 g/mol. The van der Waals surface area contributed by atoms with Gasteiger partial charge in [0.25, 0.3) is 0 Å². The highest BCUT2D eigenvalue weighted by molar-refractivity contribution is 6.32. The van der Waals surface area contributed by atoms with E-state index in [4.69, 9.17) is 16.3 Å². The van der Waals surface area contributed by atoms with Crippen LogP contribution in [0.15, 0.2) is 24.3 Å². The van der Waals surface area contributed by atoms with Gasteiger partial charge >= 0.3 is 0 Å². The van der Waals surface area contributed by atoms with Gasteiger partial charge in [0.1, 0.15) is 5.75 Å². The maximum absolute atomic E-state index is 12.0. The van der Waals surface area contributed by atoms with Crippen molar-refractivity contribution in [2.24, 2.45) is 0 Å². The number of nitrogens with zero attached hydrogens (tertiary/aromatic N) is 1. The lowest BCUT2D eigenvalue weighted by atomic mass is 10.2. The summed E-state index contributed by atoms with van der Waals surface area (Å²) in [6, 6.07) is 7.76. The lowest BCUT2D eigenvalue weighted by molar-refractivity contribution is -0.132. The number of amides is 1. The van der Waals surface area contributed by atoms with Crippen molar-refractivity contribution < 1.29 is 9.53 Å². The third kappa shape index (κ3) is 5.73. The third-order valence-electron chi connectivity index (χ3n) is 3.35. The fraction of sp³-hybridized carbons (Fsp3) is 0.533. The predicted octanol–water partition coefficient (Wildman–Crippen LogP) is 2.74. The van der Waals surface area contributed by atoms with Crippen molar-refractivity contribution in [2.45, 2.75) is 25.8 Å². The van der Waals surface area contributed by atoms with Crippen molar-refractivity contribution in [2.75, 3.05) is 26.2 Å². The minimum Gasteiger partial charge on any atom is -0.492 e. The van der Waals surface area contributed by atoms with Gasteiger partial charge in [-0.25, -0.2) is 0 Å². The summed E-state index contributed by atoms with van der Waals surface area (Å²) in [6.45, 7) is 5.08. The maximum atomic E-state index is 12.0. The third-order valence-corrected chi connectivity index (χ3v) is 3.66. The Morgan fingerprint density at radius 2 is 2.24 bits per heavy atom. The number of rotatable bonds is 5. The zero-order chi connectivity index (χ0) is 14.4. The second-order valence-corrected chi connectivity index (χ2v) is 5.48. The van der Waals surface area contributed by atoms with Gasteiger partial charge < -0.3 is 15.0 Å². The fourth-order valence-electron chi connectivity index (χ4n) is 2.28. The van der Waals surface area contributed by atoms with E-state index in [1.54, 1.807) is 6.07 Å². The predicted molar refractivity (Wildman–Crippen MR) is 87.5 cm³/mol. The summed E-state index contributed by atoms with van der Waals surface area (Å²) in [5.41, 5.74) is 0. The molecule has 0 saturated carbocycles. The van der Waals surface area contributed by atoms with Gasteiger partial charge in [-0.2, -0.15) is 0 Å². The van der Waals surface area contributed by atoms with E-state index in [1.165, 1.54) is 0 Å². The first kappa shape index (κ1) is 18.1. The molecule has 1 aliphatic heterocycles. The van der Waals surface area contributed by atoms with Gasteiger partial charge in [0.05, 0.1) is 11.6 Å². The molecule has 1 N–H and O–H groups in total. The van der Waals surface area contributed by atoms with Gasteiger partial charge in [-0.15, -0.1) is 12.4 Å². The molecule has 1 unspecified atom stereocenters. The van der Waals surface area contributed by atoms with Crippen molar-refractivity contribution in [3.63, 3.8) is 0 Å². The van der Waals surface area contributed by atoms with E-state index in [0.29, 0.717) is 36.3 Å². The van der Waals surface area contributed by atoms with E-state index >= 15 is 0 Å². The van der Waals surface area contributed by atoms with E-state index in [2.05, 4.69) is 12.2 Å². The minimum absolute atomic E-state index is 0. The van der Waals surface area contributed by atoms with Gasteiger partial charge in [-0.05, 0) is 25.5 Å². The highest BCUT2D eigenvalue weighted by Crippen LogP contribution is 2.23. The highest BCUT2D eigenvalue weighted by Gasteiger charge is 2.19. The Morgan fingerprint density at radius 1 is 1.48 bits per heavy atom. The van der Waals surface area contributed by atoms with Crippen LogP contribution < -0.4 is 10.1 Å². The van der Waals surface area contributed by atoms with E-state index < -0.39 is 0 Å². The molecule has 1 atom stereocenters. The smallest absolute Gasteiger partial charge is 0.222 e. The lowest BCUT2D eigenvalue weighted by Crippen LogP contribution is -2.51. The number of hydrogen-bond donors (Lipinski definition) is 1. The average molecular weight is 333 g/mol. The van der Waals surface area contributed by atoms with Crippen molar-refractivity contribution in [3.8, 4) is 5.75 Å². The second-order valence-electron chi connectivity index (χ2n) is 5.08. The fourth-order valence-corrected chi connectivity index (χ4v) is 2.47. The molecule has 1 fully saturated rings. The molecule has 1 aliphatic rings. The number of carbonyl (C=O) groups excluding carboxylic acids is 1. The molecule has 1 aromatic rings. The van der Waals surface area contributed by atoms with Crippen LogP contribution in [0.5, 0.6) is 5.75 Å². The van der Waals surface area contributed by atoms with E-state index in [9.17, 15) is 4.79 Å². The standard InChI is InChI=1S/C15H21ClN2O2.ClH/c1-12-11-18(9-8-17-12)15(19)7-4-10-20-14-6-3-2-5-13(14)16;/h2-3,5-6,12,17H,4,7-11H2,1H3;1H. The topological polar surface area (TPSA) is 41.6 Å². The zero-order valence-electron chi connectivity index (χ0n) is 12.2. The Kier molecular flexibility index (Phi) is 7.86. The number of carbonyl (C=O) groups is 1. The minimum atomic E-state index is 0. The highest BCUT2D eigenvalue weighted by atomic mass is 35.5. The first-order valence-corrected chi connectivity index (χ1v) is 7.43. The van der Waals surface area contributed by atoms with E-state index in [1.807, 2.05) is 23.1 Å². The molecule has 2 rings (SSSR count). The summed E-state index contributed by atoms with van der Waals surface area (Å²) in [7, 11) is 0. The van der Waals surface area contributed by atoms with Crippen LogP contribution in [0.2, 0.25) is 5.02 Å². The molecule has 1 heterocycles. The normalized spacial score (nSPS) is 18.0. The second kappa shape index (κ2) is 9.13. The molecule has 0 spiro atoms. The van der Waals surface area contributed by atoms with Gasteiger partial charge in [0.15, 0.2) is 0 Å². The average Bonchev–Trinajstić information content (AvgIpc) is 2.45. The molecule has 1 saturated heterocycles. The molecule has 1 amide bonds. The van der Waals surface area contributed by atoms with Crippen molar-refractivity contribution in [3.05, 3.63) is 29.3 Å². The molecule has 4 nitrogen and oxygen atoms in total.